The summed E-state index contributed by atoms with van der Waals surface area (Å²) < 4.78 is 0. The first-order valence-corrected chi connectivity index (χ1v) is 7.40. The zero-order valence-electron chi connectivity index (χ0n) is 11.0. The van der Waals surface area contributed by atoms with Gasteiger partial charge in [-0.2, -0.15) is 0 Å². The van der Waals surface area contributed by atoms with E-state index in [0.29, 0.717) is 4.83 Å². The van der Waals surface area contributed by atoms with E-state index in [9.17, 15) is 0 Å². The van der Waals surface area contributed by atoms with Gasteiger partial charge in [0.25, 0.3) is 0 Å². The van der Waals surface area contributed by atoms with Crippen molar-refractivity contribution in [2.24, 2.45) is 0 Å². The van der Waals surface area contributed by atoms with Gasteiger partial charge in [0.15, 0.2) is 0 Å². The van der Waals surface area contributed by atoms with E-state index < -0.39 is 0 Å². The van der Waals surface area contributed by atoms with E-state index in [1.807, 2.05) is 0 Å². The molecule has 0 heterocycles. The smallest absolute Gasteiger partial charge is 0.0438 e. The Morgan fingerprint density at radius 2 is 1.56 bits per heavy atom. The molecule has 0 N–H and O–H groups in total. The van der Waals surface area contributed by atoms with Crippen molar-refractivity contribution in [2.45, 2.75) is 31.5 Å². The Balaban J connectivity index is 2.22. The summed E-state index contributed by atoms with van der Waals surface area (Å²) in [5.41, 5.74) is 5.65. The van der Waals surface area contributed by atoms with E-state index in [2.05, 4.69) is 78.3 Å². The van der Waals surface area contributed by atoms with E-state index in [-0.39, 0.29) is 0 Å². The summed E-state index contributed by atoms with van der Waals surface area (Å²) in [4.78, 5) is 0.398. The summed E-state index contributed by atoms with van der Waals surface area (Å²) in [5.74, 6) is 0. The summed E-state index contributed by atoms with van der Waals surface area (Å²) in [6, 6.07) is 17.3. The molecule has 0 bridgehead atoms. The maximum absolute atomic E-state index is 3.85. The molecule has 2 aromatic rings. The molecule has 0 saturated heterocycles. The van der Waals surface area contributed by atoms with E-state index in [1.165, 1.54) is 22.3 Å². The van der Waals surface area contributed by atoms with E-state index in [1.54, 1.807) is 0 Å². The Labute approximate surface area is 118 Å². The van der Waals surface area contributed by atoms with Crippen molar-refractivity contribution in [2.75, 3.05) is 0 Å². The highest BCUT2D eigenvalue weighted by atomic mass is 79.9. The van der Waals surface area contributed by atoms with E-state index in [0.717, 1.165) is 12.8 Å². The molecule has 0 aliphatic carbocycles. The third-order valence-electron chi connectivity index (χ3n) is 3.43. The van der Waals surface area contributed by atoms with Crippen LogP contribution in [-0.2, 0) is 12.8 Å². The lowest BCUT2D eigenvalue weighted by Crippen LogP contribution is -2.00. The summed E-state index contributed by atoms with van der Waals surface area (Å²) >= 11 is 3.85. The van der Waals surface area contributed by atoms with Crippen LogP contribution in [0.5, 0.6) is 0 Å². The average Bonchev–Trinajstić information content (AvgIpc) is 2.41. The second-order valence-corrected chi connectivity index (χ2v) is 5.76. The fourth-order valence-electron chi connectivity index (χ4n) is 2.30. The third kappa shape index (κ3) is 3.02. The van der Waals surface area contributed by atoms with Gasteiger partial charge in [-0.1, -0.05) is 71.4 Å². The Hall–Kier alpha value is -1.08. The molecule has 18 heavy (non-hydrogen) atoms. The average molecular weight is 303 g/mol. The van der Waals surface area contributed by atoms with Crippen LogP contribution in [0.25, 0.3) is 0 Å². The number of halogens is 1. The van der Waals surface area contributed by atoms with Crippen molar-refractivity contribution in [1.29, 1.82) is 0 Å². The van der Waals surface area contributed by atoms with Crippen LogP contribution in [0, 0.1) is 6.92 Å². The van der Waals surface area contributed by atoms with Crippen molar-refractivity contribution in [3.63, 3.8) is 0 Å². The predicted octanol–water partition coefficient (Wildman–Crippen LogP) is 5.24. The molecule has 1 heteroatoms. The van der Waals surface area contributed by atoms with Crippen LogP contribution in [0.3, 0.4) is 0 Å². The fourth-order valence-corrected chi connectivity index (χ4v) is 3.10. The van der Waals surface area contributed by atoms with Gasteiger partial charge in [-0.3, -0.25) is 0 Å². The lowest BCUT2D eigenvalue weighted by atomic mass is 9.96. The quantitative estimate of drug-likeness (QED) is 0.678. The lowest BCUT2D eigenvalue weighted by Gasteiger charge is -2.15. The second-order valence-electron chi connectivity index (χ2n) is 4.65. The molecule has 0 amide bonds. The van der Waals surface area contributed by atoms with Crippen molar-refractivity contribution >= 4 is 15.9 Å². The molecule has 1 unspecified atom stereocenters. The molecule has 0 nitrogen and oxygen atoms in total. The maximum Gasteiger partial charge on any atom is 0.0438 e. The van der Waals surface area contributed by atoms with Crippen molar-refractivity contribution in [3.8, 4) is 0 Å². The van der Waals surface area contributed by atoms with E-state index in [4.69, 9.17) is 0 Å². The van der Waals surface area contributed by atoms with Crippen LogP contribution in [0.2, 0.25) is 0 Å². The molecule has 0 saturated carbocycles. The van der Waals surface area contributed by atoms with Crippen molar-refractivity contribution < 1.29 is 0 Å². The number of aryl methyl sites for hydroxylation is 2. The number of alkyl halides is 1. The molecule has 0 aromatic heterocycles. The topological polar surface area (TPSA) is 0 Å². The zero-order chi connectivity index (χ0) is 13.0. The highest BCUT2D eigenvalue weighted by molar-refractivity contribution is 9.09. The minimum Gasteiger partial charge on any atom is -0.0835 e. The number of hydrogen-bond acceptors (Lipinski definition) is 0. The highest BCUT2D eigenvalue weighted by Crippen LogP contribution is 2.30. The standard InChI is InChI=1S/C17H19Br/c1-3-14-9-6-7-11-16(14)17(18)12-15-10-5-4-8-13(15)2/h4-11,17H,3,12H2,1-2H3. The highest BCUT2D eigenvalue weighted by Gasteiger charge is 2.12. The molecule has 0 spiro atoms. The van der Waals surface area contributed by atoms with Gasteiger partial charge in [0.05, 0.1) is 0 Å². The number of benzene rings is 2. The number of hydrogen-bond donors (Lipinski definition) is 0. The summed E-state index contributed by atoms with van der Waals surface area (Å²) in [6.07, 6.45) is 2.13. The molecular formula is C17H19Br. The monoisotopic (exact) mass is 302 g/mol. The molecule has 0 aliphatic heterocycles. The third-order valence-corrected chi connectivity index (χ3v) is 4.25. The normalized spacial score (nSPS) is 12.4. The molecule has 0 radical (unpaired) electrons. The minimum absolute atomic E-state index is 0.398. The Morgan fingerprint density at radius 1 is 0.944 bits per heavy atom. The van der Waals surface area contributed by atoms with Gasteiger partial charge in [0.2, 0.25) is 0 Å². The zero-order valence-corrected chi connectivity index (χ0v) is 12.6. The maximum atomic E-state index is 3.85. The number of rotatable bonds is 4. The van der Waals surface area contributed by atoms with Gasteiger partial charge in [-0.25, -0.2) is 0 Å². The fraction of sp³-hybridized carbons (Fsp3) is 0.294. The van der Waals surface area contributed by atoms with Crippen LogP contribution in [-0.4, -0.2) is 0 Å². The first-order chi connectivity index (χ1) is 8.72. The van der Waals surface area contributed by atoms with E-state index >= 15 is 0 Å². The van der Waals surface area contributed by atoms with Crippen LogP contribution in [0.1, 0.15) is 34.0 Å². The van der Waals surface area contributed by atoms with Crippen LogP contribution in [0.15, 0.2) is 48.5 Å². The molecule has 1 atom stereocenters. The van der Waals surface area contributed by atoms with Gasteiger partial charge in [0, 0.05) is 4.83 Å². The minimum atomic E-state index is 0.398. The van der Waals surface area contributed by atoms with Gasteiger partial charge < -0.3 is 0 Å². The summed E-state index contributed by atoms with van der Waals surface area (Å²) in [6.45, 7) is 4.40. The first kappa shape index (κ1) is 13.4. The van der Waals surface area contributed by atoms with Gasteiger partial charge >= 0.3 is 0 Å². The largest absolute Gasteiger partial charge is 0.0835 e. The van der Waals surface area contributed by atoms with Crippen molar-refractivity contribution in [1.82, 2.24) is 0 Å². The molecule has 2 rings (SSSR count). The molecule has 94 valence electrons. The molecule has 2 aromatic carbocycles. The second kappa shape index (κ2) is 6.19. The Bertz CT molecular complexity index is 517. The van der Waals surface area contributed by atoms with Crippen molar-refractivity contribution in [3.05, 3.63) is 70.8 Å². The SMILES string of the molecule is CCc1ccccc1C(Br)Cc1ccccc1C. The molecule has 0 fully saturated rings. The van der Waals surface area contributed by atoms with Gasteiger partial charge in [0.1, 0.15) is 0 Å². The van der Waals surface area contributed by atoms with Crippen LogP contribution in [0.4, 0.5) is 0 Å². The molecule has 0 aliphatic rings. The first-order valence-electron chi connectivity index (χ1n) is 6.48. The van der Waals surface area contributed by atoms with Crippen LogP contribution >= 0.6 is 15.9 Å². The Morgan fingerprint density at radius 3 is 2.22 bits per heavy atom. The Kier molecular flexibility index (Phi) is 4.60. The summed E-state index contributed by atoms with van der Waals surface area (Å²) in [7, 11) is 0. The molecular weight excluding hydrogens is 284 g/mol. The predicted molar refractivity (Wildman–Crippen MR) is 82.4 cm³/mol. The lowest BCUT2D eigenvalue weighted by molar-refractivity contribution is 0.913. The summed E-state index contributed by atoms with van der Waals surface area (Å²) in [5, 5.41) is 0. The van der Waals surface area contributed by atoms with Gasteiger partial charge in [-0.05, 0) is 42.0 Å². The van der Waals surface area contributed by atoms with Gasteiger partial charge in [-0.15, -0.1) is 0 Å². The van der Waals surface area contributed by atoms with Crippen LogP contribution < -0.4 is 0 Å².